The van der Waals surface area contributed by atoms with Crippen LogP contribution in [0.3, 0.4) is 0 Å². The third-order valence-electron chi connectivity index (χ3n) is 4.45. The summed E-state index contributed by atoms with van der Waals surface area (Å²) in [6, 6.07) is 12.6. The van der Waals surface area contributed by atoms with Gasteiger partial charge in [-0.15, -0.1) is 0 Å². The predicted molar refractivity (Wildman–Crippen MR) is 108 cm³/mol. The number of sulfonamides is 1. The number of ether oxygens (including phenoxy) is 1. The minimum Gasteiger partial charge on any atom is -0.497 e. The molecule has 0 saturated carbocycles. The molecule has 0 aliphatic rings. The van der Waals surface area contributed by atoms with Crippen LogP contribution in [0.5, 0.6) is 5.75 Å². The quantitative estimate of drug-likeness (QED) is 0.581. The summed E-state index contributed by atoms with van der Waals surface area (Å²) in [6.07, 6.45) is 3.78. The van der Waals surface area contributed by atoms with Crippen LogP contribution in [-0.2, 0) is 23.0 Å². The van der Waals surface area contributed by atoms with E-state index in [9.17, 15) is 8.42 Å². The molecule has 148 valence electrons. The minimum atomic E-state index is -3.78. The minimum absolute atomic E-state index is 0.214. The van der Waals surface area contributed by atoms with E-state index in [2.05, 4.69) is 10.1 Å². The van der Waals surface area contributed by atoms with Crippen LogP contribution < -0.4 is 9.04 Å². The fourth-order valence-electron chi connectivity index (χ4n) is 2.93. The molecule has 28 heavy (non-hydrogen) atoms. The molecule has 2 heterocycles. The van der Waals surface area contributed by atoms with Gasteiger partial charge in [0.05, 0.1) is 18.5 Å². The van der Waals surface area contributed by atoms with Crippen LogP contribution in [0.15, 0.2) is 59.8 Å². The molecule has 0 unspecified atom stereocenters. The average Bonchev–Trinajstić information content (AvgIpc) is 3.11. The van der Waals surface area contributed by atoms with E-state index in [-0.39, 0.29) is 11.4 Å². The highest BCUT2D eigenvalue weighted by Gasteiger charge is 2.28. The van der Waals surface area contributed by atoms with Crippen LogP contribution in [0, 0.1) is 6.92 Å². The van der Waals surface area contributed by atoms with Gasteiger partial charge >= 0.3 is 0 Å². The third kappa shape index (κ3) is 4.17. The average molecular weight is 401 g/mol. The van der Waals surface area contributed by atoms with Gasteiger partial charge in [-0.25, -0.2) is 8.42 Å². The lowest BCUT2D eigenvalue weighted by atomic mass is 10.2. The fourth-order valence-corrected chi connectivity index (χ4v) is 4.57. The van der Waals surface area contributed by atoms with Crippen molar-refractivity contribution < 1.29 is 13.2 Å². The highest BCUT2D eigenvalue weighted by molar-refractivity contribution is 7.92. The number of benzene rings is 1. The Kier molecular flexibility index (Phi) is 5.99. The van der Waals surface area contributed by atoms with Crippen molar-refractivity contribution in [3.63, 3.8) is 0 Å². The van der Waals surface area contributed by atoms with E-state index in [0.29, 0.717) is 30.1 Å². The maximum absolute atomic E-state index is 13.5. The normalized spacial score (nSPS) is 11.4. The van der Waals surface area contributed by atoms with Crippen molar-refractivity contribution in [2.24, 2.45) is 0 Å². The molecule has 3 aromatic rings. The number of hydrogen-bond donors (Lipinski definition) is 0. The molecular formula is C20H24N4O3S. The largest absolute Gasteiger partial charge is 0.497 e. The number of rotatable bonds is 8. The molecule has 7 nitrogen and oxygen atoms in total. The highest BCUT2D eigenvalue weighted by Crippen LogP contribution is 2.27. The maximum Gasteiger partial charge on any atom is 0.267 e. The summed E-state index contributed by atoms with van der Waals surface area (Å²) in [5, 5.41) is 4.30. The molecule has 0 N–H and O–H groups in total. The van der Waals surface area contributed by atoms with E-state index in [1.54, 1.807) is 55.4 Å². The first-order chi connectivity index (χ1) is 13.5. The van der Waals surface area contributed by atoms with Crippen molar-refractivity contribution in [1.29, 1.82) is 0 Å². The molecule has 0 radical (unpaired) electrons. The molecule has 0 aliphatic heterocycles. The van der Waals surface area contributed by atoms with Gasteiger partial charge in [0.1, 0.15) is 10.6 Å². The molecule has 2 aromatic heterocycles. The number of aromatic nitrogens is 3. The Labute approximate surface area is 165 Å². The molecule has 0 fully saturated rings. The number of methoxy groups -OCH3 is 1. The standard InChI is InChI=1S/C20H24N4O3S/c1-4-23-15-20(16(2)22-23)28(25,26)24(14-12-17-7-5-6-13-21-17)18-8-10-19(27-3)11-9-18/h5-11,13,15H,4,12,14H2,1-3H3. The highest BCUT2D eigenvalue weighted by atomic mass is 32.2. The van der Waals surface area contributed by atoms with E-state index in [1.165, 1.54) is 4.31 Å². The summed E-state index contributed by atoms with van der Waals surface area (Å²) in [4.78, 5) is 4.52. The van der Waals surface area contributed by atoms with Gasteiger partial charge in [-0.2, -0.15) is 5.10 Å². The number of nitrogens with zero attached hydrogens (tertiary/aromatic N) is 4. The van der Waals surface area contributed by atoms with Crippen molar-refractivity contribution in [3.05, 3.63) is 66.2 Å². The first-order valence-electron chi connectivity index (χ1n) is 9.06. The summed E-state index contributed by atoms with van der Waals surface area (Å²) < 4.78 is 35.2. The second-order valence-electron chi connectivity index (χ2n) is 6.28. The zero-order valence-corrected chi connectivity index (χ0v) is 17.1. The van der Waals surface area contributed by atoms with Gasteiger partial charge in [0.25, 0.3) is 10.0 Å². The van der Waals surface area contributed by atoms with Crippen LogP contribution in [0.25, 0.3) is 0 Å². The Morgan fingerprint density at radius 3 is 2.46 bits per heavy atom. The maximum atomic E-state index is 13.5. The van der Waals surface area contributed by atoms with Crippen molar-refractivity contribution in [1.82, 2.24) is 14.8 Å². The zero-order valence-electron chi connectivity index (χ0n) is 16.2. The van der Waals surface area contributed by atoms with Gasteiger partial charge in [0, 0.05) is 37.6 Å². The molecule has 0 amide bonds. The van der Waals surface area contributed by atoms with E-state index in [0.717, 1.165) is 5.69 Å². The molecule has 0 atom stereocenters. The Hall–Kier alpha value is -2.87. The van der Waals surface area contributed by atoms with Crippen molar-refractivity contribution >= 4 is 15.7 Å². The summed E-state index contributed by atoms with van der Waals surface area (Å²) >= 11 is 0. The first kappa shape index (κ1) is 19.9. The second kappa shape index (κ2) is 8.43. The Morgan fingerprint density at radius 1 is 1.14 bits per heavy atom. The van der Waals surface area contributed by atoms with E-state index in [4.69, 9.17) is 4.74 Å². The molecule has 0 saturated heterocycles. The lowest BCUT2D eigenvalue weighted by Gasteiger charge is -2.24. The molecule has 1 aromatic carbocycles. The predicted octanol–water partition coefficient (Wildman–Crippen LogP) is 3.05. The van der Waals surface area contributed by atoms with Crippen LogP contribution in [0.1, 0.15) is 18.3 Å². The topological polar surface area (TPSA) is 77.3 Å². The number of pyridine rings is 1. The third-order valence-corrected chi connectivity index (χ3v) is 6.38. The van der Waals surface area contributed by atoms with E-state index < -0.39 is 10.0 Å². The van der Waals surface area contributed by atoms with Crippen LogP contribution in [0.4, 0.5) is 5.69 Å². The molecule has 0 aliphatic carbocycles. The summed E-state index contributed by atoms with van der Waals surface area (Å²) in [5.41, 5.74) is 1.88. The number of anilines is 1. The van der Waals surface area contributed by atoms with Crippen LogP contribution in [-0.4, -0.2) is 36.8 Å². The summed E-state index contributed by atoms with van der Waals surface area (Å²) in [7, 11) is -2.21. The summed E-state index contributed by atoms with van der Waals surface area (Å²) in [6.45, 7) is 4.50. The Balaban J connectivity index is 1.99. The monoisotopic (exact) mass is 400 g/mol. The lowest BCUT2D eigenvalue weighted by Crippen LogP contribution is -2.33. The van der Waals surface area contributed by atoms with Crippen molar-refractivity contribution in [3.8, 4) is 5.75 Å². The van der Waals surface area contributed by atoms with Gasteiger partial charge in [0.2, 0.25) is 0 Å². The van der Waals surface area contributed by atoms with E-state index in [1.807, 2.05) is 25.1 Å². The van der Waals surface area contributed by atoms with Crippen molar-refractivity contribution in [2.75, 3.05) is 18.0 Å². The Morgan fingerprint density at radius 2 is 1.89 bits per heavy atom. The number of hydrogen-bond acceptors (Lipinski definition) is 5. The number of aryl methyl sites for hydroxylation is 2. The van der Waals surface area contributed by atoms with Gasteiger partial charge in [-0.05, 0) is 50.2 Å². The summed E-state index contributed by atoms with van der Waals surface area (Å²) in [5.74, 6) is 0.667. The molecule has 0 spiro atoms. The SMILES string of the molecule is CCn1cc(S(=O)(=O)N(CCc2ccccn2)c2ccc(OC)cc2)c(C)n1. The Bertz CT molecular complexity index is 1020. The molecular weight excluding hydrogens is 376 g/mol. The molecule has 8 heteroatoms. The van der Waals surface area contributed by atoms with Crippen LogP contribution in [0.2, 0.25) is 0 Å². The fraction of sp³-hybridized carbons (Fsp3) is 0.300. The molecule has 0 bridgehead atoms. The first-order valence-corrected chi connectivity index (χ1v) is 10.5. The second-order valence-corrected chi connectivity index (χ2v) is 8.11. The smallest absolute Gasteiger partial charge is 0.267 e. The van der Waals surface area contributed by atoms with Gasteiger partial charge < -0.3 is 4.74 Å². The van der Waals surface area contributed by atoms with Gasteiger partial charge in [-0.1, -0.05) is 6.07 Å². The van der Waals surface area contributed by atoms with Gasteiger partial charge in [0.15, 0.2) is 0 Å². The lowest BCUT2D eigenvalue weighted by molar-refractivity contribution is 0.415. The van der Waals surface area contributed by atoms with E-state index >= 15 is 0 Å². The molecule has 3 rings (SSSR count). The van der Waals surface area contributed by atoms with Crippen molar-refractivity contribution in [2.45, 2.75) is 31.7 Å². The van der Waals surface area contributed by atoms with Gasteiger partial charge in [-0.3, -0.25) is 14.0 Å². The van der Waals surface area contributed by atoms with Crippen LogP contribution >= 0.6 is 0 Å². The zero-order chi connectivity index (χ0) is 20.1.